The SMILES string of the molecule is N#CC(Cl)CN1CC2CC1CS2. The van der Waals surface area contributed by atoms with Crippen molar-refractivity contribution in [3.63, 3.8) is 0 Å². The summed E-state index contributed by atoms with van der Waals surface area (Å²) in [5, 5.41) is 9.04. The lowest BCUT2D eigenvalue weighted by Crippen LogP contribution is -2.37. The maximum absolute atomic E-state index is 8.55. The first kappa shape index (κ1) is 8.68. The van der Waals surface area contributed by atoms with Gasteiger partial charge in [-0.25, -0.2) is 0 Å². The Morgan fingerprint density at radius 3 is 3.08 bits per heavy atom. The predicted molar refractivity (Wildman–Crippen MR) is 51.5 cm³/mol. The van der Waals surface area contributed by atoms with Crippen LogP contribution in [0.1, 0.15) is 6.42 Å². The molecule has 2 bridgehead atoms. The van der Waals surface area contributed by atoms with Gasteiger partial charge >= 0.3 is 0 Å². The van der Waals surface area contributed by atoms with Crippen LogP contribution in [0.2, 0.25) is 0 Å². The molecule has 2 heterocycles. The normalized spacial score (nSPS) is 36.7. The third-order valence-corrected chi connectivity index (χ3v) is 4.17. The summed E-state index contributed by atoms with van der Waals surface area (Å²) in [4.78, 5) is 2.36. The second-order valence-corrected chi connectivity index (χ2v) is 5.26. The van der Waals surface area contributed by atoms with Gasteiger partial charge in [-0.2, -0.15) is 17.0 Å². The number of hydrogen-bond acceptors (Lipinski definition) is 3. The number of thioether (sulfide) groups is 1. The highest BCUT2D eigenvalue weighted by Crippen LogP contribution is 2.37. The molecule has 2 aliphatic rings. The summed E-state index contributed by atoms with van der Waals surface area (Å²) in [5.41, 5.74) is 0. The van der Waals surface area contributed by atoms with Crippen LogP contribution >= 0.6 is 23.4 Å². The Morgan fingerprint density at radius 2 is 2.58 bits per heavy atom. The van der Waals surface area contributed by atoms with Crippen molar-refractivity contribution in [2.24, 2.45) is 0 Å². The maximum Gasteiger partial charge on any atom is 0.133 e. The molecule has 0 spiro atoms. The Balaban J connectivity index is 1.87. The van der Waals surface area contributed by atoms with E-state index < -0.39 is 0 Å². The molecule has 2 nitrogen and oxygen atoms in total. The monoisotopic (exact) mass is 202 g/mol. The first-order valence-corrected chi connectivity index (χ1v) is 5.67. The predicted octanol–water partition coefficient (Wildman–Crippen LogP) is 1.31. The van der Waals surface area contributed by atoms with Gasteiger partial charge in [0.2, 0.25) is 0 Å². The third kappa shape index (κ3) is 1.56. The lowest BCUT2D eigenvalue weighted by molar-refractivity contribution is 0.277. The fourth-order valence-electron chi connectivity index (χ4n) is 1.95. The van der Waals surface area contributed by atoms with Crippen molar-refractivity contribution in [1.29, 1.82) is 5.26 Å². The fraction of sp³-hybridized carbons (Fsp3) is 0.875. The highest BCUT2D eigenvalue weighted by molar-refractivity contribution is 8.00. The Morgan fingerprint density at radius 1 is 1.75 bits per heavy atom. The van der Waals surface area contributed by atoms with Crippen LogP contribution in [0.3, 0.4) is 0 Å². The number of fused-ring (bicyclic) bond motifs is 2. The summed E-state index contributed by atoms with van der Waals surface area (Å²) in [6, 6.07) is 2.77. The molecule has 0 radical (unpaired) electrons. The molecule has 2 rings (SSSR count). The topological polar surface area (TPSA) is 27.0 Å². The van der Waals surface area contributed by atoms with Gasteiger partial charge in [0, 0.05) is 30.1 Å². The fourth-order valence-corrected chi connectivity index (χ4v) is 3.62. The molecule has 2 aliphatic heterocycles. The molecule has 0 aromatic heterocycles. The first-order chi connectivity index (χ1) is 5.79. The molecule has 0 saturated carbocycles. The van der Waals surface area contributed by atoms with E-state index in [9.17, 15) is 0 Å². The Kier molecular flexibility index (Phi) is 2.49. The number of halogens is 1. The van der Waals surface area contributed by atoms with E-state index in [2.05, 4.69) is 22.7 Å². The van der Waals surface area contributed by atoms with Crippen LogP contribution in [0.15, 0.2) is 0 Å². The highest BCUT2D eigenvalue weighted by Gasteiger charge is 2.38. The number of hydrogen-bond donors (Lipinski definition) is 0. The van der Waals surface area contributed by atoms with E-state index in [4.69, 9.17) is 16.9 Å². The number of alkyl halides is 1. The molecule has 12 heavy (non-hydrogen) atoms. The Hall–Kier alpha value is 0.0900. The number of nitrogens with zero attached hydrogens (tertiary/aromatic N) is 2. The molecule has 0 aliphatic carbocycles. The van der Waals surface area contributed by atoms with Gasteiger partial charge in [0.1, 0.15) is 5.38 Å². The molecule has 3 unspecified atom stereocenters. The zero-order chi connectivity index (χ0) is 8.55. The Bertz CT molecular complexity index is 216. The highest BCUT2D eigenvalue weighted by atomic mass is 35.5. The molecule has 2 fully saturated rings. The molecule has 66 valence electrons. The minimum atomic E-state index is -0.325. The van der Waals surface area contributed by atoms with E-state index in [1.807, 2.05) is 0 Å². The van der Waals surface area contributed by atoms with Crippen LogP contribution < -0.4 is 0 Å². The molecule has 0 N–H and O–H groups in total. The van der Waals surface area contributed by atoms with Crippen LogP contribution in [-0.2, 0) is 0 Å². The summed E-state index contributed by atoms with van der Waals surface area (Å²) in [6.07, 6.45) is 1.31. The molecule has 0 aromatic rings. The van der Waals surface area contributed by atoms with Crippen LogP contribution in [0.5, 0.6) is 0 Å². The minimum absolute atomic E-state index is 0.325. The van der Waals surface area contributed by atoms with Crippen LogP contribution in [0.4, 0.5) is 0 Å². The molecule has 4 heteroatoms. The average Bonchev–Trinajstić information content (AvgIpc) is 2.64. The van der Waals surface area contributed by atoms with Crippen molar-refractivity contribution in [1.82, 2.24) is 4.90 Å². The van der Waals surface area contributed by atoms with Gasteiger partial charge in [-0.3, -0.25) is 4.90 Å². The van der Waals surface area contributed by atoms with Gasteiger partial charge in [0.25, 0.3) is 0 Å². The van der Waals surface area contributed by atoms with Gasteiger partial charge in [-0.05, 0) is 6.42 Å². The molecule has 3 atom stereocenters. The van der Waals surface area contributed by atoms with Crippen molar-refractivity contribution in [3.8, 4) is 6.07 Å². The smallest absolute Gasteiger partial charge is 0.133 e. The van der Waals surface area contributed by atoms with E-state index in [-0.39, 0.29) is 5.38 Å². The average molecular weight is 203 g/mol. The van der Waals surface area contributed by atoms with E-state index in [1.54, 1.807) is 0 Å². The summed E-state index contributed by atoms with van der Waals surface area (Å²) in [5.74, 6) is 1.24. The second kappa shape index (κ2) is 3.45. The third-order valence-electron chi connectivity index (χ3n) is 2.55. The summed E-state index contributed by atoms with van der Waals surface area (Å²) in [7, 11) is 0. The lowest BCUT2D eigenvalue weighted by Gasteiger charge is -2.26. The zero-order valence-electron chi connectivity index (χ0n) is 6.74. The summed E-state index contributed by atoms with van der Waals surface area (Å²) >= 11 is 7.84. The first-order valence-electron chi connectivity index (χ1n) is 4.19. The molecule has 0 aromatic carbocycles. The van der Waals surface area contributed by atoms with Gasteiger partial charge in [-0.15, -0.1) is 11.6 Å². The van der Waals surface area contributed by atoms with Crippen molar-refractivity contribution in [2.45, 2.75) is 23.1 Å². The Labute approximate surface area is 81.9 Å². The quantitative estimate of drug-likeness (QED) is 0.632. The van der Waals surface area contributed by atoms with Crippen molar-refractivity contribution >= 4 is 23.4 Å². The van der Waals surface area contributed by atoms with E-state index >= 15 is 0 Å². The van der Waals surface area contributed by atoms with Gasteiger partial charge in [0.05, 0.1) is 6.07 Å². The molecule has 0 amide bonds. The van der Waals surface area contributed by atoms with Crippen LogP contribution in [0, 0.1) is 11.3 Å². The largest absolute Gasteiger partial charge is 0.296 e. The van der Waals surface area contributed by atoms with Gasteiger partial charge in [0.15, 0.2) is 0 Å². The van der Waals surface area contributed by atoms with Crippen LogP contribution in [0.25, 0.3) is 0 Å². The lowest BCUT2D eigenvalue weighted by atomic mass is 10.2. The van der Waals surface area contributed by atoms with E-state index in [0.29, 0.717) is 6.04 Å². The van der Waals surface area contributed by atoms with Crippen molar-refractivity contribution in [2.75, 3.05) is 18.8 Å². The molecular weight excluding hydrogens is 192 g/mol. The molecular formula is C8H11ClN2S. The van der Waals surface area contributed by atoms with Gasteiger partial charge in [-0.1, -0.05) is 0 Å². The van der Waals surface area contributed by atoms with Crippen molar-refractivity contribution in [3.05, 3.63) is 0 Å². The second-order valence-electron chi connectivity index (χ2n) is 3.40. The van der Waals surface area contributed by atoms with E-state index in [0.717, 1.165) is 18.3 Å². The van der Waals surface area contributed by atoms with Gasteiger partial charge < -0.3 is 0 Å². The summed E-state index contributed by atoms with van der Waals surface area (Å²) < 4.78 is 0. The summed E-state index contributed by atoms with van der Waals surface area (Å²) in [6.45, 7) is 1.89. The molecule has 2 saturated heterocycles. The number of nitriles is 1. The maximum atomic E-state index is 8.55. The minimum Gasteiger partial charge on any atom is -0.296 e. The van der Waals surface area contributed by atoms with Crippen molar-refractivity contribution < 1.29 is 0 Å². The zero-order valence-corrected chi connectivity index (χ0v) is 8.31. The number of rotatable bonds is 2. The van der Waals surface area contributed by atoms with E-state index in [1.165, 1.54) is 12.2 Å². The van der Waals surface area contributed by atoms with Crippen LogP contribution in [-0.4, -0.2) is 40.4 Å². The standard InChI is InChI=1S/C8H11ClN2S/c9-6(2-10)3-11-4-8-1-7(11)5-12-8/h6-8H,1,3-5H2. The number of likely N-dealkylation sites (tertiary alicyclic amines) is 1.